The molecule has 8 heteroatoms. The van der Waals surface area contributed by atoms with Crippen LogP contribution in [0.4, 0.5) is 5.13 Å². The first kappa shape index (κ1) is 16.4. The lowest BCUT2D eigenvalue weighted by Gasteiger charge is -2.06. The first-order chi connectivity index (χ1) is 10.4. The Kier molecular flexibility index (Phi) is 5.15. The molecule has 0 saturated heterocycles. The molecule has 0 aliphatic rings. The van der Waals surface area contributed by atoms with Crippen molar-refractivity contribution in [3.05, 3.63) is 35.3 Å². The smallest absolute Gasteiger partial charge is 0.227 e. The third-order valence-electron chi connectivity index (χ3n) is 2.88. The highest BCUT2D eigenvalue weighted by atomic mass is 32.2. The predicted octanol–water partition coefficient (Wildman–Crippen LogP) is 2.26. The van der Waals surface area contributed by atoms with Gasteiger partial charge in [-0.15, -0.1) is 11.3 Å². The summed E-state index contributed by atoms with van der Waals surface area (Å²) in [5.41, 5.74) is 0.811. The van der Waals surface area contributed by atoms with Crippen molar-refractivity contribution in [2.24, 2.45) is 0 Å². The maximum Gasteiger partial charge on any atom is 0.227 e. The van der Waals surface area contributed by atoms with Gasteiger partial charge in [-0.05, 0) is 31.2 Å². The number of benzene rings is 1. The summed E-state index contributed by atoms with van der Waals surface area (Å²) in [6.45, 7) is 1.82. The molecule has 1 amide bonds. The highest BCUT2D eigenvalue weighted by molar-refractivity contribution is 7.91. The zero-order valence-corrected chi connectivity index (χ0v) is 13.8. The third-order valence-corrected chi connectivity index (χ3v) is 5.49. The molecule has 0 unspecified atom stereocenters. The Bertz CT molecular complexity index is 751. The molecule has 0 saturated carbocycles. The van der Waals surface area contributed by atoms with E-state index in [0.717, 1.165) is 5.69 Å². The zero-order chi connectivity index (χ0) is 16.2. The molecule has 0 fully saturated rings. The maximum atomic E-state index is 12.2. The normalized spacial score (nSPS) is 11.2. The number of aryl methyl sites for hydroxylation is 1. The molecular weight excluding hydrogens is 324 g/mol. The van der Waals surface area contributed by atoms with Gasteiger partial charge in [-0.1, -0.05) is 0 Å². The van der Waals surface area contributed by atoms with E-state index in [4.69, 9.17) is 4.74 Å². The van der Waals surface area contributed by atoms with Crippen molar-refractivity contribution in [1.29, 1.82) is 0 Å². The van der Waals surface area contributed by atoms with E-state index in [1.54, 1.807) is 12.1 Å². The van der Waals surface area contributed by atoms with Crippen LogP contribution >= 0.6 is 11.3 Å². The molecule has 0 atom stereocenters. The van der Waals surface area contributed by atoms with Crippen LogP contribution in [0.15, 0.2) is 34.5 Å². The lowest BCUT2D eigenvalue weighted by molar-refractivity contribution is -0.115. The largest absolute Gasteiger partial charge is 0.497 e. The highest BCUT2D eigenvalue weighted by Gasteiger charge is 2.17. The Morgan fingerprint density at radius 2 is 2.00 bits per heavy atom. The average molecular weight is 340 g/mol. The molecule has 1 N–H and O–H groups in total. The van der Waals surface area contributed by atoms with Gasteiger partial charge in [0, 0.05) is 11.8 Å². The van der Waals surface area contributed by atoms with Crippen LogP contribution in [0.2, 0.25) is 0 Å². The van der Waals surface area contributed by atoms with Crippen molar-refractivity contribution in [3.8, 4) is 5.75 Å². The van der Waals surface area contributed by atoms with Crippen molar-refractivity contribution in [3.63, 3.8) is 0 Å². The molecular formula is C14H16N2O4S2. The molecule has 2 aromatic rings. The number of carbonyl (C=O) groups excluding carboxylic acids is 1. The molecule has 6 nitrogen and oxygen atoms in total. The van der Waals surface area contributed by atoms with E-state index in [-0.39, 0.29) is 23.0 Å². The molecule has 0 aliphatic carbocycles. The molecule has 0 radical (unpaired) electrons. The average Bonchev–Trinajstić information content (AvgIpc) is 2.90. The Morgan fingerprint density at radius 1 is 1.32 bits per heavy atom. The fraction of sp³-hybridized carbons (Fsp3) is 0.286. The number of carbonyl (C=O) groups is 1. The third kappa shape index (κ3) is 4.28. The van der Waals surface area contributed by atoms with E-state index in [2.05, 4.69) is 10.3 Å². The molecule has 1 heterocycles. The van der Waals surface area contributed by atoms with Crippen LogP contribution in [-0.4, -0.2) is 32.2 Å². The van der Waals surface area contributed by atoms with Gasteiger partial charge in [-0.3, -0.25) is 4.79 Å². The number of methoxy groups -OCH3 is 1. The number of ether oxygens (including phenoxy) is 1. The standard InChI is InChI=1S/C14H16N2O4S2/c1-10-9-21-14(15-10)16-13(17)7-8-22(18,19)12-5-3-11(20-2)4-6-12/h3-6,9H,7-8H2,1-2H3,(H,15,16,17). The van der Waals surface area contributed by atoms with Gasteiger partial charge >= 0.3 is 0 Å². The number of rotatable bonds is 6. The van der Waals surface area contributed by atoms with Gasteiger partial charge in [-0.25, -0.2) is 13.4 Å². The number of sulfone groups is 1. The Morgan fingerprint density at radius 3 is 2.55 bits per heavy atom. The van der Waals surface area contributed by atoms with E-state index in [0.29, 0.717) is 10.9 Å². The molecule has 2 rings (SSSR count). The molecule has 1 aromatic carbocycles. The van der Waals surface area contributed by atoms with Crippen LogP contribution in [0.25, 0.3) is 0 Å². The summed E-state index contributed by atoms with van der Waals surface area (Å²) in [5, 5.41) is 4.87. The SMILES string of the molecule is COc1ccc(S(=O)(=O)CCC(=O)Nc2nc(C)cs2)cc1. The predicted molar refractivity (Wildman–Crippen MR) is 85.1 cm³/mol. The van der Waals surface area contributed by atoms with Crippen molar-refractivity contribution < 1.29 is 17.9 Å². The fourth-order valence-electron chi connectivity index (χ4n) is 1.72. The van der Waals surface area contributed by atoms with Crippen LogP contribution in [0.1, 0.15) is 12.1 Å². The minimum atomic E-state index is -3.50. The van der Waals surface area contributed by atoms with E-state index in [1.807, 2.05) is 12.3 Å². The summed E-state index contributed by atoms with van der Waals surface area (Å²) in [7, 11) is -1.99. The zero-order valence-electron chi connectivity index (χ0n) is 12.2. The lowest BCUT2D eigenvalue weighted by Crippen LogP contribution is -2.17. The Hall–Kier alpha value is -1.93. The lowest BCUT2D eigenvalue weighted by atomic mass is 10.3. The number of hydrogen-bond donors (Lipinski definition) is 1. The van der Waals surface area contributed by atoms with Crippen LogP contribution in [-0.2, 0) is 14.6 Å². The molecule has 0 bridgehead atoms. The second-order valence-electron chi connectivity index (χ2n) is 4.59. The topological polar surface area (TPSA) is 85.4 Å². The van der Waals surface area contributed by atoms with E-state index < -0.39 is 9.84 Å². The first-order valence-corrected chi connectivity index (χ1v) is 9.03. The van der Waals surface area contributed by atoms with Gasteiger partial charge in [0.2, 0.25) is 5.91 Å². The fourth-order valence-corrected chi connectivity index (χ4v) is 3.67. The van der Waals surface area contributed by atoms with Crippen LogP contribution < -0.4 is 10.1 Å². The number of amides is 1. The van der Waals surface area contributed by atoms with Gasteiger partial charge in [0.1, 0.15) is 5.75 Å². The van der Waals surface area contributed by atoms with Gasteiger partial charge < -0.3 is 10.1 Å². The van der Waals surface area contributed by atoms with Crippen molar-refractivity contribution in [2.75, 3.05) is 18.2 Å². The van der Waals surface area contributed by atoms with Crippen LogP contribution in [0, 0.1) is 6.92 Å². The van der Waals surface area contributed by atoms with Gasteiger partial charge in [0.05, 0.1) is 23.5 Å². The highest BCUT2D eigenvalue weighted by Crippen LogP contribution is 2.18. The quantitative estimate of drug-likeness (QED) is 0.872. The summed E-state index contributed by atoms with van der Waals surface area (Å²) < 4.78 is 29.3. The van der Waals surface area contributed by atoms with Crippen LogP contribution in [0.3, 0.4) is 0 Å². The monoisotopic (exact) mass is 340 g/mol. The van der Waals surface area contributed by atoms with Gasteiger partial charge in [0.25, 0.3) is 0 Å². The minimum Gasteiger partial charge on any atom is -0.497 e. The van der Waals surface area contributed by atoms with Crippen LogP contribution in [0.5, 0.6) is 5.75 Å². The molecule has 0 aliphatic heterocycles. The molecule has 1 aromatic heterocycles. The van der Waals surface area contributed by atoms with E-state index in [1.165, 1.54) is 30.6 Å². The minimum absolute atomic E-state index is 0.118. The van der Waals surface area contributed by atoms with Crippen molar-refractivity contribution >= 4 is 32.2 Å². The van der Waals surface area contributed by atoms with Crippen molar-refractivity contribution in [1.82, 2.24) is 4.98 Å². The number of anilines is 1. The maximum absolute atomic E-state index is 12.2. The summed E-state index contributed by atoms with van der Waals surface area (Å²) in [6.07, 6.45) is -0.118. The number of hydrogen-bond acceptors (Lipinski definition) is 6. The number of aromatic nitrogens is 1. The molecule has 0 spiro atoms. The second kappa shape index (κ2) is 6.89. The van der Waals surface area contributed by atoms with Gasteiger partial charge in [0.15, 0.2) is 15.0 Å². The van der Waals surface area contributed by atoms with E-state index >= 15 is 0 Å². The summed E-state index contributed by atoms with van der Waals surface area (Å²) in [5.74, 6) is -0.0440. The van der Waals surface area contributed by atoms with Crippen molar-refractivity contribution in [2.45, 2.75) is 18.2 Å². The number of nitrogens with one attached hydrogen (secondary N) is 1. The summed E-state index contributed by atoms with van der Waals surface area (Å²) in [4.78, 5) is 16.0. The Balaban J connectivity index is 1.95. The number of thiazole rings is 1. The van der Waals surface area contributed by atoms with Gasteiger partial charge in [-0.2, -0.15) is 0 Å². The molecule has 118 valence electrons. The summed E-state index contributed by atoms with van der Waals surface area (Å²) in [6, 6.07) is 6.09. The second-order valence-corrected chi connectivity index (χ2v) is 7.55. The number of nitrogens with zero attached hydrogens (tertiary/aromatic N) is 1. The molecule has 22 heavy (non-hydrogen) atoms. The first-order valence-electron chi connectivity index (χ1n) is 6.49. The summed E-state index contributed by atoms with van der Waals surface area (Å²) >= 11 is 1.31. The Labute approximate surface area is 133 Å². The van der Waals surface area contributed by atoms with E-state index in [9.17, 15) is 13.2 Å².